The predicted molar refractivity (Wildman–Crippen MR) is 216 cm³/mol. The van der Waals surface area contributed by atoms with E-state index in [0.717, 1.165) is 67.3 Å². The Bertz CT molecular complexity index is 2860. The number of rotatable bonds is 6. The normalized spacial score (nSPS) is 11.7. The van der Waals surface area contributed by atoms with Crippen LogP contribution in [0.4, 0.5) is 0 Å². The molecule has 0 saturated carbocycles. The molecule has 0 fully saturated rings. The van der Waals surface area contributed by atoms with E-state index in [1.165, 1.54) is 21.5 Å². The number of para-hydroxylation sites is 8. The molecule has 4 aromatic heterocycles. The van der Waals surface area contributed by atoms with Crippen molar-refractivity contribution in [1.29, 1.82) is 0 Å². The molecule has 0 aliphatic heterocycles. The number of fused-ring (bicyclic) bond motifs is 6. The fourth-order valence-electron chi connectivity index (χ4n) is 7.90. The van der Waals surface area contributed by atoms with Crippen LogP contribution in [0.3, 0.4) is 0 Å². The molecular weight excluding hydrogens is 665 g/mol. The number of hydrogen-bond donors (Lipinski definition) is 0. The van der Waals surface area contributed by atoms with Gasteiger partial charge < -0.3 is 9.13 Å². The van der Waals surface area contributed by atoms with Crippen LogP contribution in [0.2, 0.25) is 0 Å². The monoisotopic (exact) mass is 694 g/mol. The third kappa shape index (κ3) is 4.63. The van der Waals surface area contributed by atoms with Crippen LogP contribution in [-0.4, -0.2) is 39.1 Å². The summed E-state index contributed by atoms with van der Waals surface area (Å²) in [6, 6.07) is 59.0. The van der Waals surface area contributed by atoms with Crippen molar-refractivity contribution in [2.24, 2.45) is 0 Å². The van der Waals surface area contributed by atoms with Gasteiger partial charge in [-0.2, -0.15) is 0 Å². The summed E-state index contributed by atoms with van der Waals surface area (Å²) in [4.78, 5) is 0. The molecule has 0 atom stereocenters. The maximum atomic E-state index is 4.60. The minimum atomic E-state index is 0.780. The van der Waals surface area contributed by atoms with Gasteiger partial charge in [-0.15, -0.1) is 10.2 Å². The topological polar surface area (TPSA) is 71.3 Å². The van der Waals surface area contributed by atoms with Gasteiger partial charge in [-0.3, -0.25) is 0 Å². The first-order valence-electron chi connectivity index (χ1n) is 17.9. The molecule has 11 aromatic rings. The van der Waals surface area contributed by atoms with E-state index in [1.807, 2.05) is 33.9 Å². The molecule has 0 amide bonds. The zero-order valence-corrected chi connectivity index (χ0v) is 28.9. The molecule has 0 aliphatic carbocycles. The molecule has 0 unspecified atom stereocenters. The van der Waals surface area contributed by atoms with E-state index in [4.69, 9.17) is 0 Å². The predicted octanol–water partition coefficient (Wildman–Crippen LogP) is 10.4. The standard InChI is InChI=1S/C46H30N8/c1-5-17-39-33(13-1)34-14-2-6-18-40(34)53(39)45-23-11-9-21-43(45)51-29-37(47-49-51)31-25-27-32(28-26-31)38-30-52(50-48-38)44-22-10-12-24-46(44)54-41-19-7-3-15-35(41)36-16-4-8-20-42(36)54/h1-30H. The minimum absolute atomic E-state index is 0.780. The summed E-state index contributed by atoms with van der Waals surface area (Å²) in [5.74, 6) is 0. The van der Waals surface area contributed by atoms with E-state index in [0.29, 0.717) is 0 Å². The summed E-state index contributed by atoms with van der Waals surface area (Å²) in [6.07, 6.45) is 3.98. The van der Waals surface area contributed by atoms with Gasteiger partial charge >= 0.3 is 0 Å². The Morgan fingerprint density at radius 1 is 0.296 bits per heavy atom. The number of aromatic nitrogens is 8. The summed E-state index contributed by atoms with van der Waals surface area (Å²) in [7, 11) is 0. The van der Waals surface area contributed by atoms with Gasteiger partial charge in [0.25, 0.3) is 0 Å². The van der Waals surface area contributed by atoms with Gasteiger partial charge in [-0.05, 0) is 48.5 Å². The van der Waals surface area contributed by atoms with Crippen molar-refractivity contribution in [2.75, 3.05) is 0 Å². The van der Waals surface area contributed by atoms with Crippen LogP contribution in [0.1, 0.15) is 0 Å². The van der Waals surface area contributed by atoms with Crippen LogP contribution in [0, 0.1) is 0 Å². The van der Waals surface area contributed by atoms with Crippen LogP contribution in [0.5, 0.6) is 0 Å². The first kappa shape index (κ1) is 30.1. The molecule has 0 aliphatic rings. The summed E-state index contributed by atoms with van der Waals surface area (Å²) in [5, 5.41) is 23.3. The maximum absolute atomic E-state index is 4.60. The number of nitrogens with zero attached hydrogens (tertiary/aromatic N) is 8. The SMILES string of the molecule is c1ccc(-n2c3ccccc3c3ccccc32)c(-n2cc(-c3ccc(-c4cn(-c5ccccc5-n5c6ccccc6c6ccccc65)nn4)cc3)nn2)c1. The molecule has 8 heteroatoms. The Morgan fingerprint density at radius 2 is 0.593 bits per heavy atom. The lowest BCUT2D eigenvalue weighted by Crippen LogP contribution is -2.03. The van der Waals surface area contributed by atoms with Crippen molar-refractivity contribution in [3.8, 4) is 45.3 Å². The van der Waals surface area contributed by atoms with E-state index in [1.54, 1.807) is 0 Å². The third-order valence-electron chi connectivity index (χ3n) is 10.4. The van der Waals surface area contributed by atoms with Crippen LogP contribution in [0.15, 0.2) is 182 Å². The van der Waals surface area contributed by atoms with E-state index < -0.39 is 0 Å². The average molecular weight is 695 g/mol. The maximum Gasteiger partial charge on any atom is 0.113 e. The quantitative estimate of drug-likeness (QED) is 0.174. The second-order valence-electron chi connectivity index (χ2n) is 13.4. The molecule has 0 N–H and O–H groups in total. The lowest BCUT2D eigenvalue weighted by Gasteiger charge is -2.13. The van der Waals surface area contributed by atoms with Crippen LogP contribution in [-0.2, 0) is 0 Å². The average Bonchev–Trinajstić information content (AvgIpc) is 4.05. The number of hydrogen-bond acceptors (Lipinski definition) is 4. The Kier molecular flexibility index (Phi) is 6.69. The molecule has 254 valence electrons. The fraction of sp³-hybridized carbons (Fsp3) is 0. The molecule has 4 heterocycles. The highest BCUT2D eigenvalue weighted by Crippen LogP contribution is 2.36. The van der Waals surface area contributed by atoms with Crippen molar-refractivity contribution >= 4 is 43.6 Å². The van der Waals surface area contributed by atoms with Gasteiger partial charge in [0, 0.05) is 32.7 Å². The Labute approximate surface area is 309 Å². The fourth-order valence-corrected chi connectivity index (χ4v) is 7.90. The lowest BCUT2D eigenvalue weighted by molar-refractivity contribution is 0.798. The van der Waals surface area contributed by atoms with Crippen LogP contribution < -0.4 is 0 Å². The van der Waals surface area contributed by atoms with Gasteiger partial charge in [-0.25, -0.2) is 9.36 Å². The molecule has 0 radical (unpaired) electrons. The molecule has 0 bridgehead atoms. The van der Waals surface area contributed by atoms with E-state index in [2.05, 4.69) is 187 Å². The second kappa shape index (κ2) is 12.0. The van der Waals surface area contributed by atoms with Crippen molar-refractivity contribution in [1.82, 2.24) is 39.1 Å². The highest BCUT2D eigenvalue weighted by atomic mass is 15.4. The zero-order chi connectivity index (χ0) is 35.6. The third-order valence-corrected chi connectivity index (χ3v) is 10.4. The second-order valence-corrected chi connectivity index (χ2v) is 13.4. The minimum Gasteiger partial charge on any atom is -0.307 e. The van der Waals surface area contributed by atoms with Crippen molar-refractivity contribution in [3.63, 3.8) is 0 Å². The summed E-state index contributed by atoms with van der Waals surface area (Å²) in [5.41, 5.74) is 12.0. The van der Waals surface area contributed by atoms with Gasteiger partial charge in [0.1, 0.15) is 11.4 Å². The smallest absolute Gasteiger partial charge is 0.113 e. The van der Waals surface area contributed by atoms with E-state index in [9.17, 15) is 0 Å². The first-order chi connectivity index (χ1) is 26.8. The largest absolute Gasteiger partial charge is 0.307 e. The highest BCUT2D eigenvalue weighted by molar-refractivity contribution is 6.10. The summed E-state index contributed by atoms with van der Waals surface area (Å²) < 4.78 is 8.35. The molecule has 11 rings (SSSR count). The zero-order valence-electron chi connectivity index (χ0n) is 28.9. The molecule has 0 spiro atoms. The van der Waals surface area contributed by atoms with E-state index >= 15 is 0 Å². The molecular formula is C46H30N8. The van der Waals surface area contributed by atoms with Crippen LogP contribution in [0.25, 0.3) is 88.9 Å². The van der Waals surface area contributed by atoms with Gasteiger partial charge in [0.2, 0.25) is 0 Å². The van der Waals surface area contributed by atoms with Gasteiger partial charge in [0.15, 0.2) is 0 Å². The van der Waals surface area contributed by atoms with E-state index in [-0.39, 0.29) is 0 Å². The van der Waals surface area contributed by atoms with Crippen molar-refractivity contribution < 1.29 is 0 Å². The number of benzene rings is 7. The van der Waals surface area contributed by atoms with Crippen molar-refractivity contribution in [2.45, 2.75) is 0 Å². The highest BCUT2D eigenvalue weighted by Gasteiger charge is 2.18. The van der Waals surface area contributed by atoms with Gasteiger partial charge in [0.05, 0.1) is 57.2 Å². The Hall–Kier alpha value is -7.58. The van der Waals surface area contributed by atoms with Crippen molar-refractivity contribution in [3.05, 3.63) is 182 Å². The lowest BCUT2D eigenvalue weighted by atomic mass is 10.1. The Morgan fingerprint density at radius 3 is 0.944 bits per heavy atom. The molecule has 54 heavy (non-hydrogen) atoms. The molecule has 0 saturated heterocycles. The molecule has 7 aromatic carbocycles. The van der Waals surface area contributed by atoms with Crippen LogP contribution >= 0.6 is 0 Å². The van der Waals surface area contributed by atoms with Gasteiger partial charge in [-0.1, -0.05) is 132 Å². The molecule has 8 nitrogen and oxygen atoms in total. The summed E-state index contributed by atoms with van der Waals surface area (Å²) >= 11 is 0. The Balaban J connectivity index is 0.921. The first-order valence-corrected chi connectivity index (χ1v) is 17.9. The summed E-state index contributed by atoms with van der Waals surface area (Å²) in [6.45, 7) is 0.